The van der Waals surface area contributed by atoms with E-state index in [2.05, 4.69) is 29.6 Å². The molecule has 3 rings (SSSR count). The van der Waals surface area contributed by atoms with Crippen molar-refractivity contribution in [2.45, 2.75) is 31.7 Å². The Kier molecular flexibility index (Phi) is 3.66. The summed E-state index contributed by atoms with van der Waals surface area (Å²) in [7, 11) is 0. The highest BCUT2D eigenvalue weighted by Crippen LogP contribution is 2.42. The molecule has 2 aliphatic rings. The van der Waals surface area contributed by atoms with Crippen LogP contribution in [0.15, 0.2) is 24.3 Å². The Bertz CT molecular complexity index is 495. The maximum absolute atomic E-state index is 12.4. The number of fused-ring (bicyclic) bond motifs is 2. The van der Waals surface area contributed by atoms with Crippen molar-refractivity contribution in [2.24, 2.45) is 0 Å². The van der Waals surface area contributed by atoms with Gasteiger partial charge in [-0.1, -0.05) is 24.3 Å². The first-order valence-electron chi connectivity index (χ1n) is 7.51. The second-order valence-electron chi connectivity index (χ2n) is 5.54. The highest BCUT2D eigenvalue weighted by atomic mass is 16.6. The largest absolute Gasteiger partial charge is 0.450 e. The Morgan fingerprint density at radius 3 is 2.85 bits per heavy atom. The molecule has 1 aromatic carbocycles. The van der Waals surface area contributed by atoms with Crippen LogP contribution in [-0.4, -0.2) is 37.2 Å². The van der Waals surface area contributed by atoms with Gasteiger partial charge in [0.2, 0.25) is 0 Å². The third kappa shape index (κ3) is 2.08. The number of carbonyl (C=O) groups is 1. The molecule has 0 atom stereocenters. The summed E-state index contributed by atoms with van der Waals surface area (Å²) in [6.07, 6.45) is 2.68. The van der Waals surface area contributed by atoms with Crippen LogP contribution >= 0.6 is 0 Å². The Hall–Kier alpha value is -1.55. The third-order valence-corrected chi connectivity index (χ3v) is 4.56. The van der Waals surface area contributed by atoms with Crippen molar-refractivity contribution in [1.82, 2.24) is 10.2 Å². The number of hydrogen-bond donors (Lipinski definition) is 1. The molecule has 1 aromatic rings. The minimum absolute atomic E-state index is 0.163. The van der Waals surface area contributed by atoms with Crippen LogP contribution in [0.4, 0.5) is 4.79 Å². The molecule has 4 heteroatoms. The fourth-order valence-corrected chi connectivity index (χ4v) is 3.63. The SMILES string of the molecule is CCOC(=O)N1CCc2ccccc2C12CCNCC2. The van der Waals surface area contributed by atoms with Crippen LogP contribution < -0.4 is 5.32 Å². The van der Waals surface area contributed by atoms with E-state index in [1.165, 1.54) is 11.1 Å². The average Bonchev–Trinajstić information content (AvgIpc) is 2.49. The van der Waals surface area contributed by atoms with Crippen LogP contribution in [0.25, 0.3) is 0 Å². The highest BCUT2D eigenvalue weighted by molar-refractivity contribution is 5.70. The quantitative estimate of drug-likeness (QED) is 0.854. The first-order chi connectivity index (χ1) is 9.78. The molecule has 4 nitrogen and oxygen atoms in total. The van der Waals surface area contributed by atoms with Gasteiger partial charge in [-0.2, -0.15) is 0 Å². The Labute approximate surface area is 120 Å². The Balaban J connectivity index is 2.02. The standard InChI is InChI=1S/C16H22N2O2/c1-2-20-15(19)18-12-7-13-5-3-4-6-14(13)16(18)8-10-17-11-9-16/h3-6,17H,2,7-12H2,1H3. The maximum atomic E-state index is 12.4. The normalized spacial score (nSPS) is 20.6. The minimum Gasteiger partial charge on any atom is -0.450 e. The van der Waals surface area contributed by atoms with E-state index in [-0.39, 0.29) is 11.6 Å². The zero-order valence-corrected chi connectivity index (χ0v) is 12.0. The molecule has 108 valence electrons. The number of nitrogens with one attached hydrogen (secondary N) is 1. The van der Waals surface area contributed by atoms with Gasteiger partial charge in [-0.25, -0.2) is 4.79 Å². The van der Waals surface area contributed by atoms with E-state index in [4.69, 9.17) is 4.74 Å². The lowest BCUT2D eigenvalue weighted by Gasteiger charge is -2.49. The third-order valence-electron chi connectivity index (χ3n) is 4.56. The minimum atomic E-state index is -0.174. The van der Waals surface area contributed by atoms with Crippen LogP contribution in [0.5, 0.6) is 0 Å². The molecule has 0 radical (unpaired) electrons. The average molecular weight is 274 g/mol. The molecule has 1 fully saturated rings. The highest BCUT2D eigenvalue weighted by Gasteiger charge is 2.46. The summed E-state index contributed by atoms with van der Waals surface area (Å²) in [4.78, 5) is 14.3. The molecule has 0 saturated carbocycles. The van der Waals surface area contributed by atoms with E-state index in [0.29, 0.717) is 6.61 Å². The monoisotopic (exact) mass is 274 g/mol. The van der Waals surface area contributed by atoms with Crippen molar-refractivity contribution in [3.05, 3.63) is 35.4 Å². The Morgan fingerprint density at radius 1 is 1.35 bits per heavy atom. The van der Waals surface area contributed by atoms with Crippen LogP contribution in [0.1, 0.15) is 30.9 Å². The van der Waals surface area contributed by atoms with E-state index in [1.54, 1.807) is 0 Å². The summed E-state index contributed by atoms with van der Waals surface area (Å²) in [5.74, 6) is 0. The van der Waals surface area contributed by atoms with Crippen LogP contribution in [-0.2, 0) is 16.7 Å². The molecule has 1 N–H and O–H groups in total. The van der Waals surface area contributed by atoms with Crippen molar-refractivity contribution in [1.29, 1.82) is 0 Å². The van der Waals surface area contributed by atoms with Gasteiger partial charge in [0.15, 0.2) is 0 Å². The summed E-state index contributed by atoms with van der Waals surface area (Å²) in [5, 5.41) is 3.40. The molecule has 0 unspecified atom stereocenters. The Morgan fingerprint density at radius 2 is 2.10 bits per heavy atom. The number of carbonyl (C=O) groups excluding carboxylic acids is 1. The van der Waals surface area contributed by atoms with Gasteiger partial charge in [0.25, 0.3) is 0 Å². The molecular weight excluding hydrogens is 252 g/mol. The fraction of sp³-hybridized carbons (Fsp3) is 0.562. The van der Waals surface area contributed by atoms with Crippen LogP contribution in [0.2, 0.25) is 0 Å². The molecule has 2 aliphatic heterocycles. The van der Waals surface area contributed by atoms with E-state index < -0.39 is 0 Å². The molecule has 20 heavy (non-hydrogen) atoms. The van der Waals surface area contributed by atoms with Gasteiger partial charge >= 0.3 is 6.09 Å². The van der Waals surface area contributed by atoms with Gasteiger partial charge in [-0.15, -0.1) is 0 Å². The predicted molar refractivity (Wildman–Crippen MR) is 77.7 cm³/mol. The molecular formula is C16H22N2O2. The molecule has 0 bridgehead atoms. The van der Waals surface area contributed by atoms with Crippen LogP contribution in [0, 0.1) is 0 Å². The molecule has 1 saturated heterocycles. The van der Waals surface area contributed by atoms with Gasteiger partial charge in [-0.3, -0.25) is 4.90 Å². The van der Waals surface area contributed by atoms with E-state index in [9.17, 15) is 4.79 Å². The van der Waals surface area contributed by atoms with Crippen molar-refractivity contribution >= 4 is 6.09 Å². The number of rotatable bonds is 1. The van der Waals surface area contributed by atoms with Gasteiger partial charge in [-0.05, 0) is 50.4 Å². The second kappa shape index (κ2) is 5.44. The van der Waals surface area contributed by atoms with Crippen LogP contribution in [0.3, 0.4) is 0 Å². The summed E-state index contributed by atoms with van der Waals surface area (Å²) >= 11 is 0. The molecule has 1 spiro atoms. The molecule has 0 aromatic heterocycles. The number of amides is 1. The van der Waals surface area contributed by atoms with E-state index >= 15 is 0 Å². The smallest absolute Gasteiger partial charge is 0.410 e. The van der Waals surface area contributed by atoms with Gasteiger partial charge in [0, 0.05) is 6.54 Å². The molecule has 1 amide bonds. The summed E-state index contributed by atoms with van der Waals surface area (Å²) in [6.45, 7) is 4.96. The van der Waals surface area contributed by atoms with Crippen molar-refractivity contribution in [3.63, 3.8) is 0 Å². The lowest BCUT2D eigenvalue weighted by atomic mass is 9.75. The molecule has 2 heterocycles. The second-order valence-corrected chi connectivity index (χ2v) is 5.54. The predicted octanol–water partition coefficient (Wildman–Crippen LogP) is 2.28. The first kappa shape index (κ1) is 13.4. The topological polar surface area (TPSA) is 41.6 Å². The molecule has 0 aliphatic carbocycles. The maximum Gasteiger partial charge on any atom is 0.410 e. The summed E-state index contributed by atoms with van der Waals surface area (Å²) in [6, 6.07) is 8.55. The number of piperidine rings is 1. The van der Waals surface area contributed by atoms with E-state index in [1.807, 2.05) is 11.8 Å². The van der Waals surface area contributed by atoms with Crippen molar-refractivity contribution < 1.29 is 9.53 Å². The number of benzene rings is 1. The fourth-order valence-electron chi connectivity index (χ4n) is 3.63. The van der Waals surface area contributed by atoms with E-state index in [0.717, 1.165) is 38.9 Å². The zero-order chi connectivity index (χ0) is 14.0. The van der Waals surface area contributed by atoms with Gasteiger partial charge in [0.1, 0.15) is 0 Å². The summed E-state index contributed by atoms with van der Waals surface area (Å²) in [5.41, 5.74) is 2.53. The lowest BCUT2D eigenvalue weighted by Crippen LogP contribution is -2.57. The number of nitrogens with zero attached hydrogens (tertiary/aromatic N) is 1. The number of hydrogen-bond acceptors (Lipinski definition) is 3. The number of ether oxygens (including phenoxy) is 1. The van der Waals surface area contributed by atoms with Crippen molar-refractivity contribution in [2.75, 3.05) is 26.2 Å². The lowest BCUT2D eigenvalue weighted by molar-refractivity contribution is 0.0267. The zero-order valence-electron chi connectivity index (χ0n) is 12.0. The van der Waals surface area contributed by atoms with Gasteiger partial charge in [0.05, 0.1) is 12.1 Å². The first-order valence-corrected chi connectivity index (χ1v) is 7.51. The van der Waals surface area contributed by atoms with Crippen molar-refractivity contribution in [3.8, 4) is 0 Å². The summed E-state index contributed by atoms with van der Waals surface area (Å²) < 4.78 is 5.29. The van der Waals surface area contributed by atoms with Gasteiger partial charge < -0.3 is 10.1 Å².